The second kappa shape index (κ2) is 18.5. The maximum absolute atomic E-state index is 12.8. The fourth-order valence-corrected chi connectivity index (χ4v) is 7.05. The monoisotopic (exact) mass is 731 g/mol. The van der Waals surface area contributed by atoms with Crippen LogP contribution in [0.2, 0.25) is 0 Å². The molecule has 7 rings (SSSR count). The normalized spacial score (nSPS) is 13.9. The highest BCUT2D eigenvalue weighted by molar-refractivity contribution is 5.50. The smallest absolute Gasteiger partial charge is 0.160 e. The van der Waals surface area contributed by atoms with E-state index in [9.17, 15) is 10.2 Å². The van der Waals surface area contributed by atoms with Crippen LogP contribution in [-0.2, 0) is 39.6 Å². The first kappa shape index (κ1) is 37.6. The molecule has 6 aromatic carbocycles. The number of rotatable bonds is 18. The summed E-state index contributed by atoms with van der Waals surface area (Å²) in [5, 5.41) is 29.6. The number of ether oxygens (including phenoxy) is 3. The van der Waals surface area contributed by atoms with Gasteiger partial charge < -0.3 is 24.4 Å². The zero-order valence-corrected chi connectivity index (χ0v) is 30.5. The largest absolute Gasteiger partial charge is 0.388 e. The summed E-state index contributed by atoms with van der Waals surface area (Å²) in [7, 11) is 0. The molecule has 0 bridgehead atoms. The van der Waals surface area contributed by atoms with Crippen molar-refractivity contribution in [3.05, 3.63) is 228 Å². The van der Waals surface area contributed by atoms with Crippen molar-refractivity contribution in [2.24, 2.45) is 0 Å². The van der Waals surface area contributed by atoms with E-state index < -0.39 is 30.0 Å². The van der Waals surface area contributed by atoms with Gasteiger partial charge >= 0.3 is 0 Å². The van der Waals surface area contributed by atoms with Crippen molar-refractivity contribution in [2.75, 3.05) is 6.61 Å². The van der Waals surface area contributed by atoms with Crippen molar-refractivity contribution in [2.45, 2.75) is 49.8 Å². The minimum absolute atomic E-state index is 0.0685. The van der Waals surface area contributed by atoms with Crippen LogP contribution in [0.25, 0.3) is 0 Å². The lowest BCUT2D eigenvalue weighted by Gasteiger charge is -2.39. The highest BCUT2D eigenvalue weighted by Crippen LogP contribution is 2.42. The van der Waals surface area contributed by atoms with Crippen molar-refractivity contribution in [1.82, 2.24) is 14.8 Å². The van der Waals surface area contributed by atoms with E-state index >= 15 is 0 Å². The Morgan fingerprint density at radius 1 is 0.491 bits per heavy atom. The van der Waals surface area contributed by atoms with Crippen LogP contribution in [-0.4, -0.2) is 49.9 Å². The first-order chi connectivity index (χ1) is 27.1. The zero-order valence-electron chi connectivity index (χ0n) is 30.5. The highest BCUT2D eigenvalue weighted by Gasteiger charge is 2.45. The van der Waals surface area contributed by atoms with Gasteiger partial charge in [0, 0.05) is 0 Å². The van der Waals surface area contributed by atoms with Crippen LogP contribution < -0.4 is 0 Å². The summed E-state index contributed by atoms with van der Waals surface area (Å²) >= 11 is 0. The minimum atomic E-state index is -1.42. The molecular weight excluding hydrogens is 687 g/mol. The van der Waals surface area contributed by atoms with Gasteiger partial charge in [-0.2, -0.15) is 5.10 Å². The van der Waals surface area contributed by atoms with Gasteiger partial charge in [-0.3, -0.25) is 0 Å². The van der Waals surface area contributed by atoms with Gasteiger partial charge in [-0.25, -0.2) is 9.67 Å². The molecule has 0 saturated carbocycles. The van der Waals surface area contributed by atoms with Crippen LogP contribution in [0.15, 0.2) is 188 Å². The molecular formula is C47H45N3O5. The van der Waals surface area contributed by atoms with Crippen molar-refractivity contribution in [1.29, 1.82) is 0 Å². The fourth-order valence-electron chi connectivity index (χ4n) is 7.05. The van der Waals surface area contributed by atoms with Crippen LogP contribution in [0.4, 0.5) is 0 Å². The second-order valence-corrected chi connectivity index (χ2v) is 13.4. The van der Waals surface area contributed by atoms with E-state index in [1.54, 1.807) is 4.68 Å². The predicted octanol–water partition coefficient (Wildman–Crippen LogP) is 7.90. The number of aliphatic hydroxyl groups excluding tert-OH is 2. The molecule has 278 valence electrons. The molecule has 0 fully saturated rings. The van der Waals surface area contributed by atoms with Gasteiger partial charge in [-0.1, -0.05) is 182 Å². The highest BCUT2D eigenvalue weighted by atomic mass is 16.6. The summed E-state index contributed by atoms with van der Waals surface area (Å²) in [6.07, 6.45) is -3.34. The quantitative estimate of drug-likeness (QED) is 0.0867. The van der Waals surface area contributed by atoms with Crippen molar-refractivity contribution in [3.63, 3.8) is 0 Å². The van der Waals surface area contributed by atoms with Crippen molar-refractivity contribution < 1.29 is 24.4 Å². The first-order valence-electron chi connectivity index (χ1n) is 18.5. The predicted molar refractivity (Wildman–Crippen MR) is 212 cm³/mol. The first-order valence-corrected chi connectivity index (χ1v) is 18.5. The van der Waals surface area contributed by atoms with Gasteiger partial charge in [-0.05, 0) is 33.4 Å². The fraction of sp³-hybridized carbons (Fsp3) is 0.191. The summed E-state index contributed by atoms with van der Waals surface area (Å²) in [4.78, 5) is 4.75. The Hall–Kier alpha value is -5.74. The number of aromatic nitrogens is 3. The van der Waals surface area contributed by atoms with Gasteiger partial charge in [0.1, 0.15) is 36.3 Å². The number of nitrogens with zero attached hydrogens (tertiary/aromatic N) is 3. The van der Waals surface area contributed by atoms with Gasteiger partial charge in [0.2, 0.25) is 0 Å². The van der Waals surface area contributed by atoms with Crippen LogP contribution in [0.1, 0.15) is 45.3 Å². The Bertz CT molecular complexity index is 2040. The lowest BCUT2D eigenvalue weighted by atomic mass is 9.77. The third kappa shape index (κ3) is 8.81. The topological polar surface area (TPSA) is 98.9 Å². The van der Waals surface area contributed by atoms with Crippen LogP contribution in [0, 0.1) is 0 Å². The molecule has 1 heterocycles. The molecule has 2 N–H and O–H groups in total. The number of hydrogen-bond donors (Lipinski definition) is 2. The summed E-state index contributed by atoms with van der Waals surface area (Å²) < 4.78 is 21.1. The lowest BCUT2D eigenvalue weighted by molar-refractivity contribution is -0.179. The molecule has 0 aliphatic heterocycles. The number of benzene rings is 6. The molecule has 0 aliphatic rings. The molecule has 7 aromatic rings. The number of hydrogen-bond acceptors (Lipinski definition) is 7. The maximum atomic E-state index is 12.8. The third-order valence-corrected chi connectivity index (χ3v) is 9.72. The van der Waals surface area contributed by atoms with E-state index in [0.717, 1.165) is 33.4 Å². The van der Waals surface area contributed by atoms with Crippen LogP contribution in [0.3, 0.4) is 0 Å². The van der Waals surface area contributed by atoms with Gasteiger partial charge in [0.15, 0.2) is 5.82 Å². The Morgan fingerprint density at radius 2 is 0.873 bits per heavy atom. The zero-order chi connectivity index (χ0) is 37.7. The van der Waals surface area contributed by atoms with Crippen molar-refractivity contribution in [3.8, 4) is 0 Å². The lowest BCUT2D eigenvalue weighted by Crippen LogP contribution is -2.48. The molecule has 55 heavy (non-hydrogen) atoms. The van der Waals surface area contributed by atoms with E-state index in [1.165, 1.54) is 6.33 Å². The van der Waals surface area contributed by atoms with E-state index in [1.807, 2.05) is 146 Å². The molecule has 0 spiro atoms. The van der Waals surface area contributed by atoms with Gasteiger partial charge in [0.25, 0.3) is 0 Å². The standard InChI is InChI=1S/C47H45N3O5/c51-42(34-53-31-36-19-7-1-8-20-36)44(54-32-37-21-9-2-10-22-37)45(55-33-38-23-11-3-12-24-38)43(52)46-48-35-49-50(46)47(39-25-13-4-14-26-39,40-27-15-5-16-28-40)41-29-17-6-18-30-41/h1-30,35,42-45,51-52H,31-34H2/t42-,43-,44+,45+/m0/s1. The summed E-state index contributed by atoms with van der Waals surface area (Å²) in [6, 6.07) is 59.4. The second-order valence-electron chi connectivity index (χ2n) is 13.4. The van der Waals surface area contributed by atoms with Gasteiger partial charge in [-0.15, -0.1) is 0 Å². The average molecular weight is 732 g/mol. The van der Waals surface area contributed by atoms with Crippen LogP contribution in [0.5, 0.6) is 0 Å². The summed E-state index contributed by atoms with van der Waals surface area (Å²) in [5.74, 6) is 0.236. The van der Waals surface area contributed by atoms with Crippen molar-refractivity contribution >= 4 is 0 Å². The van der Waals surface area contributed by atoms with E-state index in [-0.39, 0.29) is 25.6 Å². The molecule has 4 atom stereocenters. The van der Waals surface area contributed by atoms with E-state index in [2.05, 4.69) is 36.4 Å². The Balaban J connectivity index is 1.32. The summed E-state index contributed by atoms with van der Waals surface area (Å²) in [5.41, 5.74) is 4.46. The average Bonchev–Trinajstić information content (AvgIpc) is 3.75. The molecule has 0 radical (unpaired) electrons. The Kier molecular flexibility index (Phi) is 12.7. The molecule has 0 unspecified atom stereocenters. The summed E-state index contributed by atoms with van der Waals surface area (Å²) in [6.45, 7) is 0.527. The molecule has 0 aliphatic carbocycles. The minimum Gasteiger partial charge on any atom is -0.388 e. The third-order valence-electron chi connectivity index (χ3n) is 9.72. The van der Waals surface area contributed by atoms with E-state index in [4.69, 9.17) is 24.3 Å². The van der Waals surface area contributed by atoms with Crippen LogP contribution >= 0.6 is 0 Å². The van der Waals surface area contributed by atoms with E-state index in [0.29, 0.717) is 6.61 Å². The maximum Gasteiger partial charge on any atom is 0.160 e. The molecule has 0 saturated heterocycles. The molecule has 0 amide bonds. The molecule has 8 nitrogen and oxygen atoms in total. The molecule has 8 heteroatoms. The number of aliphatic hydroxyl groups is 2. The SMILES string of the molecule is O[C@H](c1ncnn1C(c1ccccc1)(c1ccccc1)c1ccccc1)[C@@H](OCc1ccccc1)[C@H](OCc1ccccc1)[C@@H](O)COCc1ccccc1. The van der Waals surface area contributed by atoms with Gasteiger partial charge in [0.05, 0.1) is 26.4 Å². The Morgan fingerprint density at radius 3 is 1.31 bits per heavy atom. The molecule has 1 aromatic heterocycles. The Labute approximate surface area is 322 Å².